The summed E-state index contributed by atoms with van der Waals surface area (Å²) in [6.07, 6.45) is 10.6. The normalized spacial score (nSPS) is 44.3. The number of carbonyl (C=O) groups is 2. The predicted octanol–water partition coefficient (Wildman–Crippen LogP) is 6.63. The third-order valence-corrected chi connectivity index (χ3v) is 11.6. The summed E-state index contributed by atoms with van der Waals surface area (Å²) >= 11 is 0. The molecular weight excluding hydrogens is 464 g/mol. The van der Waals surface area contributed by atoms with Crippen molar-refractivity contribution in [1.29, 1.82) is 0 Å². The minimum atomic E-state index is -0.119. The lowest BCUT2D eigenvalue weighted by Gasteiger charge is -2.41. The molecule has 208 valence electrons. The number of hydrogen-bond donors (Lipinski definition) is 0. The van der Waals surface area contributed by atoms with Crippen molar-refractivity contribution < 1.29 is 23.8 Å². The summed E-state index contributed by atoms with van der Waals surface area (Å²) in [5, 5.41) is 0. The zero-order valence-electron chi connectivity index (χ0n) is 24.0. The van der Waals surface area contributed by atoms with Crippen molar-refractivity contribution in [3.63, 3.8) is 0 Å². The van der Waals surface area contributed by atoms with E-state index in [1.165, 1.54) is 25.7 Å². The molecule has 6 saturated carbocycles. The summed E-state index contributed by atoms with van der Waals surface area (Å²) in [6.45, 7) is 13.2. The maximum absolute atomic E-state index is 13.5. The molecule has 5 nitrogen and oxygen atoms in total. The molecule has 5 heteroatoms. The Kier molecular flexibility index (Phi) is 6.52. The van der Waals surface area contributed by atoms with Gasteiger partial charge in [0.2, 0.25) is 0 Å². The summed E-state index contributed by atoms with van der Waals surface area (Å²) < 4.78 is 18.1. The first-order valence-electron chi connectivity index (χ1n) is 15.4. The molecule has 0 heterocycles. The Balaban J connectivity index is 1.06. The molecule has 12 unspecified atom stereocenters. The van der Waals surface area contributed by atoms with Crippen molar-refractivity contribution in [2.24, 2.45) is 70.0 Å². The summed E-state index contributed by atoms with van der Waals surface area (Å²) in [5.41, 5.74) is -0.0398. The van der Waals surface area contributed by atoms with Crippen LogP contribution in [0.4, 0.5) is 0 Å². The number of carbonyl (C=O) groups excluding carboxylic acids is 2. The molecule has 0 aromatic heterocycles. The van der Waals surface area contributed by atoms with Gasteiger partial charge in [0.15, 0.2) is 6.79 Å². The molecule has 6 fully saturated rings. The molecule has 0 N–H and O–H groups in total. The van der Waals surface area contributed by atoms with Gasteiger partial charge in [-0.15, -0.1) is 0 Å². The molecule has 0 radical (unpaired) electrons. The minimum absolute atomic E-state index is 0.00611. The van der Waals surface area contributed by atoms with E-state index in [0.717, 1.165) is 43.9 Å². The molecule has 6 rings (SSSR count). The van der Waals surface area contributed by atoms with Crippen LogP contribution in [0.1, 0.15) is 99.3 Å². The van der Waals surface area contributed by atoms with Crippen LogP contribution in [0, 0.1) is 70.0 Å². The van der Waals surface area contributed by atoms with E-state index in [0.29, 0.717) is 41.6 Å². The van der Waals surface area contributed by atoms with Crippen molar-refractivity contribution in [3.8, 4) is 0 Å². The Hall–Kier alpha value is -1.10. The molecule has 6 aliphatic rings. The van der Waals surface area contributed by atoms with Crippen LogP contribution in [0.15, 0.2) is 0 Å². The molecule has 0 saturated heterocycles. The Morgan fingerprint density at radius 2 is 1.51 bits per heavy atom. The van der Waals surface area contributed by atoms with E-state index in [2.05, 4.69) is 41.5 Å². The van der Waals surface area contributed by atoms with E-state index in [9.17, 15) is 9.59 Å². The maximum atomic E-state index is 13.5. The van der Waals surface area contributed by atoms with Gasteiger partial charge in [0, 0.05) is 0 Å². The predicted molar refractivity (Wildman–Crippen MR) is 141 cm³/mol. The first kappa shape index (κ1) is 26.1. The van der Waals surface area contributed by atoms with E-state index < -0.39 is 0 Å². The lowest BCUT2D eigenvalue weighted by molar-refractivity contribution is -0.174. The lowest BCUT2D eigenvalue weighted by atomic mass is 9.66. The third kappa shape index (κ3) is 4.78. The second-order valence-corrected chi connectivity index (χ2v) is 16.2. The summed E-state index contributed by atoms with van der Waals surface area (Å²) in [4.78, 5) is 26.7. The monoisotopic (exact) mass is 514 g/mol. The SMILES string of the molecule is CC(C)(C)CC(C(=O)OC1CC2CC1C1C3CC(CC3C(=O)OCOC3CC4CCC3C4)C21)C(C)(C)C. The van der Waals surface area contributed by atoms with Gasteiger partial charge in [-0.1, -0.05) is 41.5 Å². The second-order valence-electron chi connectivity index (χ2n) is 16.2. The Morgan fingerprint density at radius 1 is 0.784 bits per heavy atom. The highest BCUT2D eigenvalue weighted by Gasteiger charge is 2.66. The highest BCUT2D eigenvalue weighted by Crippen LogP contribution is 2.69. The molecule has 0 amide bonds. The van der Waals surface area contributed by atoms with Gasteiger partial charge in [0.25, 0.3) is 0 Å². The molecule has 0 aliphatic heterocycles. The van der Waals surface area contributed by atoms with Crippen LogP contribution in [-0.2, 0) is 23.8 Å². The topological polar surface area (TPSA) is 61.8 Å². The zero-order chi connectivity index (χ0) is 26.3. The van der Waals surface area contributed by atoms with Crippen LogP contribution in [-0.4, -0.2) is 30.9 Å². The van der Waals surface area contributed by atoms with Crippen molar-refractivity contribution in [2.45, 2.75) is 112 Å². The summed E-state index contributed by atoms with van der Waals surface area (Å²) in [6, 6.07) is 0. The first-order valence-corrected chi connectivity index (χ1v) is 15.4. The van der Waals surface area contributed by atoms with Crippen LogP contribution in [0.3, 0.4) is 0 Å². The molecule has 0 aromatic carbocycles. The van der Waals surface area contributed by atoms with Crippen LogP contribution >= 0.6 is 0 Å². The van der Waals surface area contributed by atoms with E-state index in [1.54, 1.807) is 0 Å². The van der Waals surface area contributed by atoms with Crippen LogP contribution < -0.4 is 0 Å². The Morgan fingerprint density at radius 3 is 2.16 bits per heavy atom. The van der Waals surface area contributed by atoms with Crippen molar-refractivity contribution in [2.75, 3.05) is 6.79 Å². The smallest absolute Gasteiger partial charge is 0.311 e. The average Bonchev–Trinajstić information content (AvgIpc) is 3.62. The number of hydrogen-bond acceptors (Lipinski definition) is 5. The fourth-order valence-electron chi connectivity index (χ4n) is 10.2. The van der Waals surface area contributed by atoms with Gasteiger partial charge < -0.3 is 14.2 Å². The maximum Gasteiger partial charge on any atom is 0.311 e. The van der Waals surface area contributed by atoms with Crippen molar-refractivity contribution in [3.05, 3.63) is 0 Å². The summed E-state index contributed by atoms with van der Waals surface area (Å²) in [7, 11) is 0. The van der Waals surface area contributed by atoms with E-state index >= 15 is 0 Å². The molecule has 0 spiro atoms. The van der Waals surface area contributed by atoms with Gasteiger partial charge in [-0.3, -0.25) is 9.59 Å². The van der Waals surface area contributed by atoms with E-state index in [-0.39, 0.29) is 47.5 Å². The van der Waals surface area contributed by atoms with Crippen LogP contribution in [0.25, 0.3) is 0 Å². The average molecular weight is 515 g/mol. The summed E-state index contributed by atoms with van der Waals surface area (Å²) in [5.74, 6) is 4.76. The van der Waals surface area contributed by atoms with E-state index in [1.807, 2.05) is 0 Å². The Bertz CT molecular complexity index is 898. The van der Waals surface area contributed by atoms with Gasteiger partial charge in [-0.05, 0) is 116 Å². The molecule has 6 bridgehead atoms. The highest BCUT2D eigenvalue weighted by molar-refractivity contribution is 5.74. The van der Waals surface area contributed by atoms with Gasteiger partial charge >= 0.3 is 11.9 Å². The largest absolute Gasteiger partial charge is 0.462 e. The van der Waals surface area contributed by atoms with Crippen molar-refractivity contribution >= 4 is 11.9 Å². The number of esters is 2. The van der Waals surface area contributed by atoms with Gasteiger partial charge in [-0.25, -0.2) is 0 Å². The zero-order valence-corrected chi connectivity index (χ0v) is 24.0. The fourth-order valence-corrected chi connectivity index (χ4v) is 10.2. The standard InChI is InChI=1S/C32H50O5/c1-31(2,3)15-24(32(4,5)6)30(34)37-26-14-20-13-23(26)28-21-11-19(27(20)28)12-22(21)29(33)36-16-35-25-10-17-7-8-18(25)9-17/h17-28H,7-16H2,1-6H3. The minimum Gasteiger partial charge on any atom is -0.462 e. The van der Waals surface area contributed by atoms with Gasteiger partial charge in [0.1, 0.15) is 6.10 Å². The third-order valence-electron chi connectivity index (χ3n) is 11.6. The van der Waals surface area contributed by atoms with Crippen LogP contribution in [0.5, 0.6) is 0 Å². The molecular formula is C32H50O5. The quantitative estimate of drug-likeness (QED) is 0.217. The lowest BCUT2D eigenvalue weighted by Crippen LogP contribution is -2.43. The van der Waals surface area contributed by atoms with Crippen LogP contribution in [0.2, 0.25) is 0 Å². The number of fused-ring (bicyclic) bond motifs is 11. The Labute approximate surface area is 224 Å². The van der Waals surface area contributed by atoms with E-state index in [4.69, 9.17) is 14.2 Å². The molecule has 6 aliphatic carbocycles. The van der Waals surface area contributed by atoms with Gasteiger partial charge in [-0.2, -0.15) is 0 Å². The molecule has 37 heavy (non-hydrogen) atoms. The second kappa shape index (κ2) is 9.24. The first-order chi connectivity index (χ1) is 17.4. The van der Waals surface area contributed by atoms with Crippen molar-refractivity contribution in [1.82, 2.24) is 0 Å². The fraction of sp³-hybridized carbons (Fsp3) is 0.938. The molecule has 0 aromatic rings. The highest BCUT2D eigenvalue weighted by atomic mass is 16.7. The number of ether oxygens (including phenoxy) is 3. The van der Waals surface area contributed by atoms with Gasteiger partial charge in [0.05, 0.1) is 17.9 Å². The number of rotatable bonds is 7. The molecule has 12 atom stereocenters.